The predicted molar refractivity (Wildman–Crippen MR) is 159 cm³/mol. The van der Waals surface area contributed by atoms with Gasteiger partial charge in [0, 0.05) is 49.4 Å². The number of nitrogens with one attached hydrogen (secondary N) is 4. The van der Waals surface area contributed by atoms with E-state index >= 15 is 0 Å². The predicted octanol–water partition coefficient (Wildman–Crippen LogP) is 2.76. The summed E-state index contributed by atoms with van der Waals surface area (Å²) in [5.74, 6) is -1.36. The molecule has 42 heavy (non-hydrogen) atoms. The Kier molecular flexibility index (Phi) is 7.46. The van der Waals surface area contributed by atoms with Crippen molar-refractivity contribution in [1.29, 1.82) is 0 Å². The molecule has 0 spiro atoms. The number of hydrogen-bond donors (Lipinski definition) is 4. The van der Waals surface area contributed by atoms with Gasteiger partial charge < -0.3 is 26.2 Å². The second-order valence-electron chi connectivity index (χ2n) is 12.3. The first-order chi connectivity index (χ1) is 21.3. The summed E-state index contributed by atoms with van der Waals surface area (Å²) < 4.78 is 24.4. The molecule has 0 radical (unpaired) electrons. The summed E-state index contributed by atoms with van der Waals surface area (Å²) in [6.07, 6.45) is 7.57. The smallest absolute Gasteiger partial charge is 0.318 e. The van der Waals surface area contributed by atoms with Gasteiger partial charge in [-0.15, -0.1) is 0 Å². The molecule has 1 aromatic carbocycles. The number of amides is 5. The number of urea groups is 1. The van der Waals surface area contributed by atoms with Gasteiger partial charge >= 0.3 is 6.03 Å². The van der Waals surface area contributed by atoms with Crippen LogP contribution < -0.4 is 21.3 Å². The Morgan fingerprint density at radius 1 is 1.10 bits per heavy atom. The van der Waals surface area contributed by atoms with Gasteiger partial charge in [-0.3, -0.25) is 19.1 Å². The fourth-order valence-electron chi connectivity index (χ4n) is 6.71. The summed E-state index contributed by atoms with van der Waals surface area (Å²) in [6.45, 7) is 1.49. The van der Waals surface area contributed by atoms with Gasteiger partial charge in [-0.2, -0.15) is 5.10 Å². The van der Waals surface area contributed by atoms with E-state index in [1.165, 1.54) is 15.8 Å². The molecular weight excluding hydrogens is 534 g/mol. The highest BCUT2D eigenvalue weighted by molar-refractivity contribution is 6.01. The van der Waals surface area contributed by atoms with Gasteiger partial charge in [0.25, 0.3) is 5.91 Å². The summed E-state index contributed by atoms with van der Waals surface area (Å²) in [6, 6.07) is 5.57. The lowest BCUT2D eigenvalue weighted by Gasteiger charge is -2.36. The van der Waals surface area contributed by atoms with Crippen LogP contribution in [0.5, 0.6) is 0 Å². The minimum atomic E-state index is -2.72. The number of rotatable bonds is 8. The van der Waals surface area contributed by atoms with Gasteiger partial charge in [0.2, 0.25) is 11.8 Å². The first-order valence-electron chi connectivity index (χ1n) is 16.4. The highest BCUT2D eigenvalue weighted by atomic mass is 16.2. The molecule has 1 aromatic heterocycles. The lowest BCUT2D eigenvalue weighted by atomic mass is 9.91. The van der Waals surface area contributed by atoms with Crippen LogP contribution in [0.15, 0.2) is 30.5 Å². The van der Waals surface area contributed by atoms with Crippen LogP contribution in [-0.2, 0) is 29.5 Å². The maximum absolute atomic E-state index is 13.8. The highest BCUT2D eigenvalue weighted by Crippen LogP contribution is 2.38. The number of anilines is 1. The van der Waals surface area contributed by atoms with Crippen molar-refractivity contribution >= 4 is 29.4 Å². The van der Waals surface area contributed by atoms with E-state index in [0.717, 1.165) is 49.7 Å². The van der Waals surface area contributed by atoms with E-state index in [1.54, 1.807) is 31.3 Å². The molecule has 5 rings (SSSR count). The van der Waals surface area contributed by atoms with Crippen molar-refractivity contribution in [3.63, 3.8) is 0 Å². The van der Waals surface area contributed by atoms with Gasteiger partial charge in [0.15, 0.2) is 0 Å². The third-order valence-electron chi connectivity index (χ3n) is 9.22. The van der Waals surface area contributed by atoms with Crippen LogP contribution >= 0.6 is 0 Å². The zero-order valence-corrected chi connectivity index (χ0v) is 24.5. The lowest BCUT2D eigenvalue weighted by Crippen LogP contribution is -2.60. The van der Waals surface area contributed by atoms with E-state index in [0.29, 0.717) is 11.4 Å². The molecule has 2 aliphatic carbocycles. The van der Waals surface area contributed by atoms with E-state index in [-0.39, 0.29) is 49.1 Å². The Balaban J connectivity index is 1.39. The van der Waals surface area contributed by atoms with Crippen LogP contribution in [0.2, 0.25) is 0 Å². The number of nitrogens with zero attached hydrogens (tertiary/aromatic N) is 3. The summed E-state index contributed by atoms with van der Waals surface area (Å²) in [4.78, 5) is 55.2. The molecule has 1 saturated carbocycles. The Morgan fingerprint density at radius 2 is 1.83 bits per heavy atom. The second-order valence-corrected chi connectivity index (χ2v) is 12.3. The normalized spacial score (nSPS) is 24.6. The zero-order chi connectivity index (χ0) is 32.5. The number of aromatic nitrogens is 2. The minimum absolute atomic E-state index is 0.0297. The molecule has 2 aromatic rings. The first-order valence-corrected chi connectivity index (χ1v) is 14.9. The number of likely N-dealkylation sites (N-methyl/N-ethyl adjacent to an activating group) is 1. The summed E-state index contributed by atoms with van der Waals surface area (Å²) in [5.41, 5.74) is 0.937. The summed E-state index contributed by atoms with van der Waals surface area (Å²) in [5, 5.41) is 15.1. The molecule has 4 N–H and O–H groups in total. The Labute approximate surface area is 251 Å². The van der Waals surface area contributed by atoms with E-state index in [1.807, 2.05) is 13.8 Å². The van der Waals surface area contributed by atoms with Gasteiger partial charge in [-0.1, -0.05) is 45.6 Å². The standard InChI is InChI=1S/C31H43N7O4/c1-19(2)24-18-38(30(42)35-24)31(29(41)32-3)16-21-11-12-23(15-22(21)17-31)34-28(40)26(20-9-7-5-6-8-10-20)36-27(39)25-13-14-33-37(25)4/h11-15,19-20,24,26H,5-10,16-18H2,1-4H3,(H,32,41)(H,34,40)(H,35,42)(H,36,39)/t24-,26-,31?/m0/s1/i3D3. The molecule has 0 bridgehead atoms. The Bertz CT molecular complexity index is 1450. The van der Waals surface area contributed by atoms with E-state index in [9.17, 15) is 19.2 Å². The summed E-state index contributed by atoms with van der Waals surface area (Å²) in [7, 11) is 1.67. The van der Waals surface area contributed by atoms with Crippen LogP contribution in [0.1, 0.15) is 78.1 Å². The average molecular weight is 581 g/mol. The fraction of sp³-hybridized carbons (Fsp3) is 0.581. The lowest BCUT2D eigenvalue weighted by molar-refractivity contribution is -0.130. The van der Waals surface area contributed by atoms with Gasteiger partial charge in [-0.25, -0.2) is 4.79 Å². The maximum atomic E-state index is 13.8. The van der Waals surface area contributed by atoms with Crippen LogP contribution in [0, 0.1) is 11.8 Å². The largest absolute Gasteiger partial charge is 0.357 e. The Morgan fingerprint density at radius 3 is 2.48 bits per heavy atom. The van der Waals surface area contributed by atoms with Crippen LogP contribution in [0.25, 0.3) is 0 Å². The first kappa shape index (κ1) is 25.8. The van der Waals surface area contributed by atoms with Gasteiger partial charge in [0.1, 0.15) is 17.3 Å². The SMILES string of the molecule is [2H]C([2H])([2H])NC(=O)C1(N2C[C@@H](C(C)C)NC2=O)Cc2ccc(NC(=O)[C@@H](NC(=O)c3ccnn3C)C3CCCCCC3)cc2C1. The molecule has 2 fully saturated rings. The third-order valence-corrected chi connectivity index (χ3v) is 9.22. The van der Waals surface area contributed by atoms with E-state index in [2.05, 4.69) is 26.4 Å². The second kappa shape index (κ2) is 12.1. The fourth-order valence-corrected chi connectivity index (χ4v) is 6.71. The number of carbonyl (C=O) groups is 4. The Hall–Kier alpha value is -3.89. The molecule has 5 amide bonds. The zero-order valence-electron chi connectivity index (χ0n) is 27.5. The molecule has 1 aliphatic heterocycles. The van der Waals surface area contributed by atoms with Crippen molar-refractivity contribution in [2.45, 2.75) is 82.8 Å². The van der Waals surface area contributed by atoms with Crippen LogP contribution in [0.3, 0.4) is 0 Å². The van der Waals surface area contributed by atoms with Gasteiger partial charge in [-0.05, 0) is 54.0 Å². The number of benzene rings is 1. The van der Waals surface area contributed by atoms with Crippen molar-refractivity contribution in [3.05, 3.63) is 47.3 Å². The van der Waals surface area contributed by atoms with Crippen molar-refractivity contribution in [3.8, 4) is 0 Å². The topological polar surface area (TPSA) is 137 Å². The maximum Gasteiger partial charge on any atom is 0.318 e. The number of aryl methyl sites for hydroxylation is 1. The highest BCUT2D eigenvalue weighted by Gasteiger charge is 2.53. The number of hydrogen-bond acceptors (Lipinski definition) is 5. The van der Waals surface area contributed by atoms with Crippen molar-refractivity contribution in [2.24, 2.45) is 18.9 Å². The molecule has 226 valence electrons. The monoisotopic (exact) mass is 580 g/mol. The minimum Gasteiger partial charge on any atom is -0.357 e. The molecule has 3 aliphatic rings. The molecule has 3 atom stereocenters. The van der Waals surface area contributed by atoms with Crippen LogP contribution in [-0.4, -0.2) is 69.6 Å². The molecule has 2 heterocycles. The number of carbonyl (C=O) groups excluding carboxylic acids is 4. The van der Waals surface area contributed by atoms with Gasteiger partial charge in [0.05, 0.1) is 6.04 Å². The molecule has 1 unspecified atom stereocenters. The van der Waals surface area contributed by atoms with Crippen LogP contribution in [0.4, 0.5) is 10.5 Å². The van der Waals surface area contributed by atoms with Crippen molar-refractivity contribution in [2.75, 3.05) is 18.8 Å². The summed E-state index contributed by atoms with van der Waals surface area (Å²) >= 11 is 0. The average Bonchev–Trinajstić information content (AvgIpc) is 3.61. The van der Waals surface area contributed by atoms with Crippen molar-refractivity contribution < 1.29 is 23.3 Å². The molecular formula is C31H43N7O4. The number of fused-ring (bicyclic) bond motifs is 1. The van der Waals surface area contributed by atoms with Crippen molar-refractivity contribution in [1.82, 2.24) is 30.6 Å². The third kappa shape index (κ3) is 5.73. The molecule has 1 saturated heterocycles. The van der Waals surface area contributed by atoms with E-state index < -0.39 is 30.5 Å². The van der Waals surface area contributed by atoms with E-state index in [4.69, 9.17) is 4.11 Å². The molecule has 11 nitrogen and oxygen atoms in total. The molecule has 11 heteroatoms. The quantitative estimate of drug-likeness (QED) is 0.356.